The van der Waals surface area contributed by atoms with E-state index in [1.807, 2.05) is 0 Å². The Hall–Kier alpha value is -0.740. The van der Waals surface area contributed by atoms with Gasteiger partial charge in [0, 0.05) is 25.0 Å². The molecule has 2 heterocycles. The largest absolute Gasteiger partial charge is 0.381 e. The van der Waals surface area contributed by atoms with Crippen molar-refractivity contribution in [2.45, 2.75) is 38.0 Å². The third-order valence-corrected chi connectivity index (χ3v) is 4.36. The average molecular weight is 237 g/mol. The van der Waals surface area contributed by atoms with Gasteiger partial charge in [0.05, 0.1) is 17.2 Å². The van der Waals surface area contributed by atoms with Crippen molar-refractivity contribution in [1.29, 1.82) is 0 Å². The summed E-state index contributed by atoms with van der Waals surface area (Å²) in [6.45, 7) is 3.26. The van der Waals surface area contributed by atoms with E-state index in [-0.39, 0.29) is 5.78 Å². The molecule has 0 amide bonds. The van der Waals surface area contributed by atoms with E-state index in [0.717, 1.165) is 30.2 Å². The summed E-state index contributed by atoms with van der Waals surface area (Å²) in [5.41, 5.74) is 2.42. The first-order chi connectivity index (χ1) is 7.77. The Kier molecular flexibility index (Phi) is 2.56. The second kappa shape index (κ2) is 3.93. The lowest BCUT2D eigenvalue weighted by molar-refractivity contribution is 0.102. The van der Waals surface area contributed by atoms with Crippen molar-refractivity contribution in [3.05, 3.63) is 16.1 Å². The number of ketones is 1. The van der Waals surface area contributed by atoms with Crippen LogP contribution in [0.5, 0.6) is 0 Å². The number of ether oxygens (including phenoxy) is 1. The van der Waals surface area contributed by atoms with E-state index in [1.54, 1.807) is 6.92 Å². The maximum atomic E-state index is 11.6. The molecule has 0 radical (unpaired) electrons. The summed E-state index contributed by atoms with van der Waals surface area (Å²) in [5, 5.41) is 0. The molecule has 2 fully saturated rings. The van der Waals surface area contributed by atoms with Crippen LogP contribution in [0.3, 0.4) is 0 Å². The van der Waals surface area contributed by atoms with Crippen molar-refractivity contribution in [3.8, 4) is 0 Å². The summed E-state index contributed by atoms with van der Waals surface area (Å²) in [6, 6.07) is 0. The van der Waals surface area contributed by atoms with Crippen LogP contribution in [-0.4, -0.2) is 23.4 Å². The van der Waals surface area contributed by atoms with E-state index in [0.29, 0.717) is 11.8 Å². The molecule has 1 saturated heterocycles. The summed E-state index contributed by atoms with van der Waals surface area (Å²) >= 11 is 1.38. The van der Waals surface area contributed by atoms with Crippen LogP contribution in [0.25, 0.3) is 0 Å². The van der Waals surface area contributed by atoms with Crippen LogP contribution in [0.4, 0.5) is 0 Å². The quantitative estimate of drug-likeness (QED) is 0.759. The zero-order valence-corrected chi connectivity index (χ0v) is 10.2. The summed E-state index contributed by atoms with van der Waals surface area (Å²) in [7, 11) is 0. The molecular weight excluding hydrogens is 222 g/mol. The van der Waals surface area contributed by atoms with E-state index in [2.05, 4.69) is 4.37 Å². The minimum Gasteiger partial charge on any atom is -0.381 e. The maximum Gasteiger partial charge on any atom is 0.171 e. The molecule has 1 aromatic heterocycles. The standard InChI is InChI=1S/C12H15NO2S/c1-7(14)12-10(8-2-3-8)11(13-16-12)9-4-5-15-6-9/h8-9H,2-6H2,1H3. The molecule has 2 aliphatic rings. The Morgan fingerprint density at radius 3 is 2.75 bits per heavy atom. The molecule has 86 valence electrons. The third-order valence-electron chi connectivity index (χ3n) is 3.38. The number of aromatic nitrogens is 1. The number of rotatable bonds is 3. The Balaban J connectivity index is 2.00. The zero-order valence-electron chi connectivity index (χ0n) is 9.36. The monoisotopic (exact) mass is 237 g/mol. The van der Waals surface area contributed by atoms with Crippen molar-refractivity contribution in [2.24, 2.45) is 0 Å². The molecule has 1 aliphatic carbocycles. The van der Waals surface area contributed by atoms with Crippen molar-refractivity contribution in [2.75, 3.05) is 13.2 Å². The van der Waals surface area contributed by atoms with Gasteiger partial charge in [-0.3, -0.25) is 4.79 Å². The molecule has 0 spiro atoms. The summed E-state index contributed by atoms with van der Waals surface area (Å²) in [4.78, 5) is 12.5. The number of carbonyl (C=O) groups is 1. The fraction of sp³-hybridized carbons (Fsp3) is 0.667. The van der Waals surface area contributed by atoms with Gasteiger partial charge in [-0.15, -0.1) is 0 Å². The Morgan fingerprint density at radius 1 is 1.38 bits per heavy atom. The molecule has 1 saturated carbocycles. The normalized spacial score (nSPS) is 24.9. The van der Waals surface area contributed by atoms with Gasteiger partial charge in [-0.2, -0.15) is 4.37 Å². The first kappa shape index (κ1) is 10.4. The smallest absolute Gasteiger partial charge is 0.171 e. The number of Topliss-reactive ketones (excluding diaryl/α,β-unsaturated/α-hetero) is 1. The second-order valence-electron chi connectivity index (χ2n) is 4.70. The average Bonchev–Trinajstić information content (AvgIpc) is 2.82. The van der Waals surface area contributed by atoms with Crippen LogP contribution in [0.15, 0.2) is 0 Å². The predicted octanol–water partition coefficient (Wildman–Crippen LogP) is 2.73. The number of hydrogen-bond acceptors (Lipinski definition) is 4. The van der Waals surface area contributed by atoms with Gasteiger partial charge in [0.25, 0.3) is 0 Å². The lowest BCUT2D eigenvalue weighted by Gasteiger charge is -2.07. The highest BCUT2D eigenvalue weighted by Crippen LogP contribution is 2.47. The van der Waals surface area contributed by atoms with Crippen molar-refractivity contribution in [3.63, 3.8) is 0 Å². The van der Waals surface area contributed by atoms with Gasteiger partial charge < -0.3 is 4.74 Å². The lowest BCUT2D eigenvalue weighted by atomic mass is 9.96. The Bertz CT molecular complexity index is 417. The highest BCUT2D eigenvalue weighted by molar-refractivity contribution is 7.08. The van der Waals surface area contributed by atoms with Gasteiger partial charge in [-0.25, -0.2) is 0 Å². The summed E-state index contributed by atoms with van der Waals surface area (Å²) in [5.74, 6) is 1.21. The second-order valence-corrected chi connectivity index (χ2v) is 5.47. The van der Waals surface area contributed by atoms with Gasteiger partial charge in [0.15, 0.2) is 5.78 Å². The highest BCUT2D eigenvalue weighted by Gasteiger charge is 2.35. The van der Waals surface area contributed by atoms with Gasteiger partial charge in [0.2, 0.25) is 0 Å². The van der Waals surface area contributed by atoms with Crippen LogP contribution in [0, 0.1) is 0 Å². The summed E-state index contributed by atoms with van der Waals surface area (Å²) < 4.78 is 9.94. The van der Waals surface area contributed by atoms with Gasteiger partial charge in [0.1, 0.15) is 0 Å². The fourth-order valence-corrected chi connectivity index (χ4v) is 3.31. The molecule has 3 rings (SSSR count). The molecule has 1 aliphatic heterocycles. The van der Waals surface area contributed by atoms with E-state index < -0.39 is 0 Å². The molecule has 0 aromatic carbocycles. The predicted molar refractivity (Wildman–Crippen MR) is 62.3 cm³/mol. The van der Waals surface area contributed by atoms with Crippen LogP contribution >= 0.6 is 11.5 Å². The Morgan fingerprint density at radius 2 is 2.19 bits per heavy atom. The highest BCUT2D eigenvalue weighted by atomic mass is 32.1. The van der Waals surface area contributed by atoms with Crippen LogP contribution in [-0.2, 0) is 4.74 Å². The summed E-state index contributed by atoms with van der Waals surface area (Å²) in [6.07, 6.45) is 3.50. The molecular formula is C12H15NO2S. The van der Waals surface area contributed by atoms with Gasteiger partial charge in [-0.1, -0.05) is 0 Å². The molecule has 1 atom stereocenters. The molecule has 0 N–H and O–H groups in total. The molecule has 16 heavy (non-hydrogen) atoms. The third kappa shape index (κ3) is 1.70. The SMILES string of the molecule is CC(=O)c1snc(C2CCOC2)c1C1CC1. The fourth-order valence-electron chi connectivity index (χ4n) is 2.37. The molecule has 4 heteroatoms. The first-order valence-corrected chi connectivity index (χ1v) is 6.63. The number of hydrogen-bond donors (Lipinski definition) is 0. The maximum absolute atomic E-state index is 11.6. The van der Waals surface area contributed by atoms with Crippen LogP contribution < -0.4 is 0 Å². The van der Waals surface area contributed by atoms with Gasteiger partial charge >= 0.3 is 0 Å². The van der Waals surface area contributed by atoms with Gasteiger partial charge in [-0.05, 0) is 36.7 Å². The van der Waals surface area contributed by atoms with E-state index in [4.69, 9.17) is 4.74 Å². The minimum absolute atomic E-state index is 0.171. The molecule has 1 unspecified atom stereocenters. The molecule has 1 aromatic rings. The van der Waals surface area contributed by atoms with Crippen molar-refractivity contribution >= 4 is 17.3 Å². The van der Waals surface area contributed by atoms with Crippen LogP contribution in [0.2, 0.25) is 0 Å². The number of carbonyl (C=O) groups excluding carboxylic acids is 1. The first-order valence-electron chi connectivity index (χ1n) is 5.85. The Labute approximate surface area is 99.0 Å². The molecule has 3 nitrogen and oxygen atoms in total. The lowest BCUT2D eigenvalue weighted by Crippen LogP contribution is -2.03. The molecule has 0 bridgehead atoms. The van der Waals surface area contributed by atoms with Crippen LogP contribution in [0.1, 0.15) is 59.0 Å². The van der Waals surface area contributed by atoms with Crippen molar-refractivity contribution in [1.82, 2.24) is 4.37 Å². The number of nitrogens with zero attached hydrogens (tertiary/aromatic N) is 1. The van der Waals surface area contributed by atoms with Crippen molar-refractivity contribution < 1.29 is 9.53 Å². The van der Waals surface area contributed by atoms with E-state index in [1.165, 1.54) is 29.9 Å². The topological polar surface area (TPSA) is 39.2 Å². The van der Waals surface area contributed by atoms with E-state index >= 15 is 0 Å². The zero-order chi connectivity index (χ0) is 11.1. The minimum atomic E-state index is 0.171. The van der Waals surface area contributed by atoms with E-state index in [9.17, 15) is 4.79 Å².